The van der Waals surface area contributed by atoms with Gasteiger partial charge in [0.25, 0.3) is 0 Å². The third kappa shape index (κ3) is 5.99. The van der Waals surface area contributed by atoms with Crippen LogP contribution >= 0.6 is 11.6 Å². The predicted octanol–water partition coefficient (Wildman–Crippen LogP) is 5.52. The molecule has 1 N–H and O–H groups in total. The maximum Gasteiger partial charge on any atom is 0.0834 e. The van der Waals surface area contributed by atoms with Gasteiger partial charge in [-0.05, 0) is 26.8 Å². The molecule has 3 nitrogen and oxygen atoms in total. The molecular formula is C17H32ClN3. The van der Waals surface area contributed by atoms with E-state index >= 15 is 0 Å². The fourth-order valence-electron chi connectivity index (χ4n) is 2.80. The third-order valence-electron chi connectivity index (χ3n) is 3.90. The molecule has 1 aromatic heterocycles. The molecule has 0 radical (unpaired) electrons. The molecule has 1 atom stereocenters. The van der Waals surface area contributed by atoms with E-state index in [1.807, 2.05) is 0 Å². The van der Waals surface area contributed by atoms with E-state index in [-0.39, 0.29) is 0 Å². The first kappa shape index (κ1) is 18.5. The summed E-state index contributed by atoms with van der Waals surface area (Å²) in [5.74, 6) is 0. The van der Waals surface area contributed by atoms with Crippen molar-refractivity contribution >= 4 is 11.6 Å². The minimum absolute atomic E-state index is 0.318. The van der Waals surface area contributed by atoms with Gasteiger partial charge in [-0.2, -0.15) is 5.10 Å². The molecule has 0 aliphatic carbocycles. The minimum Gasteiger partial charge on any atom is -0.309 e. The third-order valence-corrected chi connectivity index (χ3v) is 4.19. The van der Waals surface area contributed by atoms with E-state index in [1.54, 1.807) is 6.20 Å². The predicted molar refractivity (Wildman–Crippen MR) is 92.0 cm³/mol. The lowest BCUT2D eigenvalue weighted by Gasteiger charge is -2.21. The molecule has 1 rings (SSSR count). The van der Waals surface area contributed by atoms with Gasteiger partial charge in [0.1, 0.15) is 0 Å². The first-order chi connectivity index (χ1) is 10.1. The lowest BCUT2D eigenvalue weighted by Crippen LogP contribution is -2.25. The summed E-state index contributed by atoms with van der Waals surface area (Å²) in [6.45, 7) is 9.68. The van der Waals surface area contributed by atoms with E-state index in [9.17, 15) is 0 Å². The van der Waals surface area contributed by atoms with Crippen LogP contribution < -0.4 is 5.32 Å². The summed E-state index contributed by atoms with van der Waals surface area (Å²) in [6, 6.07) is 0.664. The van der Waals surface area contributed by atoms with Crippen molar-refractivity contribution in [1.82, 2.24) is 15.1 Å². The summed E-state index contributed by atoms with van der Waals surface area (Å²) in [5.41, 5.74) is 1.15. The SMILES string of the molecule is CCCCCCCCC(NCC)c1c(Cl)cnn1C(C)C. The van der Waals surface area contributed by atoms with Gasteiger partial charge in [0, 0.05) is 6.04 Å². The van der Waals surface area contributed by atoms with E-state index < -0.39 is 0 Å². The summed E-state index contributed by atoms with van der Waals surface area (Å²) in [6.07, 6.45) is 10.9. The van der Waals surface area contributed by atoms with Crippen molar-refractivity contribution in [2.75, 3.05) is 6.54 Å². The smallest absolute Gasteiger partial charge is 0.0834 e. The quantitative estimate of drug-likeness (QED) is 0.545. The Morgan fingerprint density at radius 1 is 1.14 bits per heavy atom. The number of hydrogen-bond donors (Lipinski definition) is 1. The van der Waals surface area contributed by atoms with Crippen LogP contribution in [0.15, 0.2) is 6.20 Å². The second kappa shape index (κ2) is 10.2. The Balaban J connectivity index is 2.58. The van der Waals surface area contributed by atoms with E-state index in [1.165, 1.54) is 38.5 Å². The highest BCUT2D eigenvalue weighted by Crippen LogP contribution is 2.29. The molecule has 1 aromatic rings. The van der Waals surface area contributed by atoms with Crippen LogP contribution in [0, 0.1) is 0 Å². The van der Waals surface area contributed by atoms with Crippen molar-refractivity contribution in [1.29, 1.82) is 0 Å². The van der Waals surface area contributed by atoms with Crippen LogP contribution in [0.25, 0.3) is 0 Å². The van der Waals surface area contributed by atoms with Gasteiger partial charge in [0.05, 0.1) is 23.0 Å². The molecule has 0 spiro atoms. The Morgan fingerprint density at radius 3 is 2.43 bits per heavy atom. The van der Waals surface area contributed by atoms with Crippen LogP contribution in [-0.2, 0) is 0 Å². The molecule has 0 amide bonds. The zero-order valence-corrected chi connectivity index (χ0v) is 14.9. The molecule has 4 heteroatoms. The van der Waals surface area contributed by atoms with Gasteiger partial charge in [-0.25, -0.2) is 0 Å². The fraction of sp³-hybridized carbons (Fsp3) is 0.824. The van der Waals surface area contributed by atoms with E-state index in [0.29, 0.717) is 12.1 Å². The van der Waals surface area contributed by atoms with E-state index in [2.05, 4.69) is 42.8 Å². The standard InChI is InChI=1S/C17H32ClN3/c1-5-7-8-9-10-11-12-16(19-6-2)17-15(18)13-20-21(17)14(3)4/h13-14,16,19H,5-12H2,1-4H3. The zero-order valence-electron chi connectivity index (χ0n) is 14.2. The number of rotatable bonds is 11. The molecule has 0 aromatic carbocycles. The summed E-state index contributed by atoms with van der Waals surface area (Å²) < 4.78 is 2.06. The van der Waals surface area contributed by atoms with Gasteiger partial charge in [0.2, 0.25) is 0 Å². The number of unbranched alkanes of at least 4 members (excludes halogenated alkanes) is 5. The normalized spacial score (nSPS) is 13.0. The molecule has 0 bridgehead atoms. The van der Waals surface area contributed by atoms with Crippen LogP contribution in [0.5, 0.6) is 0 Å². The number of nitrogens with zero attached hydrogens (tertiary/aromatic N) is 2. The monoisotopic (exact) mass is 313 g/mol. The van der Waals surface area contributed by atoms with Crippen molar-refractivity contribution < 1.29 is 0 Å². The lowest BCUT2D eigenvalue weighted by atomic mass is 10.0. The maximum absolute atomic E-state index is 6.38. The number of hydrogen-bond acceptors (Lipinski definition) is 2. The molecule has 1 heterocycles. The van der Waals surface area contributed by atoms with Crippen molar-refractivity contribution in [3.8, 4) is 0 Å². The average Bonchev–Trinajstić information content (AvgIpc) is 2.83. The molecular weight excluding hydrogens is 282 g/mol. The number of nitrogens with one attached hydrogen (secondary N) is 1. The van der Waals surface area contributed by atoms with Gasteiger partial charge in [0.15, 0.2) is 0 Å². The zero-order chi connectivity index (χ0) is 15.7. The molecule has 0 saturated carbocycles. The van der Waals surface area contributed by atoms with Gasteiger partial charge < -0.3 is 5.32 Å². The Labute approximate surface area is 135 Å². The van der Waals surface area contributed by atoms with Crippen LogP contribution in [-0.4, -0.2) is 16.3 Å². The molecule has 122 valence electrons. The largest absolute Gasteiger partial charge is 0.309 e. The molecule has 1 unspecified atom stereocenters. The van der Waals surface area contributed by atoms with Crippen molar-refractivity contribution in [2.45, 2.75) is 84.7 Å². The van der Waals surface area contributed by atoms with Gasteiger partial charge in [-0.15, -0.1) is 0 Å². The first-order valence-electron chi connectivity index (χ1n) is 8.58. The Bertz CT molecular complexity index is 387. The topological polar surface area (TPSA) is 29.9 Å². The van der Waals surface area contributed by atoms with Crippen LogP contribution in [0.1, 0.15) is 90.4 Å². The Kier molecular flexibility index (Phi) is 9.02. The van der Waals surface area contributed by atoms with Crippen LogP contribution in [0.3, 0.4) is 0 Å². The molecule has 0 fully saturated rings. The Morgan fingerprint density at radius 2 is 1.81 bits per heavy atom. The lowest BCUT2D eigenvalue weighted by molar-refractivity contribution is 0.419. The van der Waals surface area contributed by atoms with E-state index in [4.69, 9.17) is 11.6 Å². The second-order valence-electron chi connectivity index (χ2n) is 6.08. The minimum atomic E-state index is 0.318. The highest BCUT2D eigenvalue weighted by molar-refractivity contribution is 6.31. The highest BCUT2D eigenvalue weighted by Gasteiger charge is 2.20. The van der Waals surface area contributed by atoms with E-state index in [0.717, 1.165) is 23.7 Å². The molecule has 0 aliphatic rings. The first-order valence-corrected chi connectivity index (χ1v) is 8.95. The maximum atomic E-state index is 6.38. The molecule has 21 heavy (non-hydrogen) atoms. The Hall–Kier alpha value is -0.540. The van der Waals surface area contributed by atoms with Crippen LogP contribution in [0.4, 0.5) is 0 Å². The van der Waals surface area contributed by atoms with Crippen molar-refractivity contribution in [3.63, 3.8) is 0 Å². The fourth-order valence-corrected chi connectivity index (χ4v) is 3.06. The molecule has 0 saturated heterocycles. The molecule has 0 aliphatic heterocycles. The summed E-state index contributed by atoms with van der Waals surface area (Å²) >= 11 is 6.38. The van der Waals surface area contributed by atoms with Gasteiger partial charge >= 0.3 is 0 Å². The summed E-state index contributed by atoms with van der Waals surface area (Å²) in [7, 11) is 0. The number of aromatic nitrogens is 2. The van der Waals surface area contributed by atoms with Crippen LogP contribution in [0.2, 0.25) is 5.02 Å². The summed E-state index contributed by atoms with van der Waals surface area (Å²) in [4.78, 5) is 0. The average molecular weight is 314 g/mol. The second-order valence-corrected chi connectivity index (χ2v) is 6.49. The van der Waals surface area contributed by atoms with Gasteiger partial charge in [-0.1, -0.05) is 64.0 Å². The number of halogens is 1. The summed E-state index contributed by atoms with van der Waals surface area (Å²) in [5, 5.41) is 8.80. The van der Waals surface area contributed by atoms with Crippen molar-refractivity contribution in [2.24, 2.45) is 0 Å². The highest BCUT2D eigenvalue weighted by atomic mass is 35.5. The van der Waals surface area contributed by atoms with Crippen molar-refractivity contribution in [3.05, 3.63) is 16.9 Å². The van der Waals surface area contributed by atoms with Gasteiger partial charge in [-0.3, -0.25) is 4.68 Å².